The Hall–Kier alpha value is -0.610. The van der Waals surface area contributed by atoms with Gasteiger partial charge >= 0.3 is 5.97 Å². The van der Waals surface area contributed by atoms with E-state index in [1.165, 1.54) is 19.3 Å². The first-order valence-corrected chi connectivity index (χ1v) is 10.7. The van der Waals surface area contributed by atoms with Crippen LogP contribution in [-0.4, -0.2) is 52.9 Å². The van der Waals surface area contributed by atoms with Gasteiger partial charge < -0.3 is 14.7 Å². The summed E-state index contributed by atoms with van der Waals surface area (Å²) in [5, 5.41) is 19.8. The number of aliphatic hydroxyl groups is 1. The van der Waals surface area contributed by atoms with Crippen LogP contribution in [0.5, 0.6) is 0 Å². The van der Waals surface area contributed by atoms with Crippen molar-refractivity contribution in [2.24, 2.45) is 5.92 Å². The monoisotopic (exact) mass is 358 g/mol. The summed E-state index contributed by atoms with van der Waals surface area (Å²) < 4.78 is 0.897. The molecular formula is C21H44NO3+. The van der Waals surface area contributed by atoms with Crippen LogP contribution in [0.3, 0.4) is 0 Å². The van der Waals surface area contributed by atoms with Crippen molar-refractivity contribution in [2.45, 2.75) is 98.0 Å². The highest BCUT2D eigenvalue weighted by molar-refractivity contribution is 5.69. The SMILES string of the molecule is CCCCCCC(O)C[N+](CCCC)(CCCC)CCC(C)C(=O)O. The number of aliphatic carboxylic acids is 1. The van der Waals surface area contributed by atoms with Crippen LogP contribution < -0.4 is 0 Å². The molecule has 150 valence electrons. The Balaban J connectivity index is 4.86. The van der Waals surface area contributed by atoms with Gasteiger partial charge in [-0.3, -0.25) is 4.79 Å². The Kier molecular flexibility index (Phi) is 14.2. The first kappa shape index (κ1) is 24.4. The van der Waals surface area contributed by atoms with Gasteiger partial charge in [0.15, 0.2) is 0 Å². The van der Waals surface area contributed by atoms with Gasteiger partial charge in [0.05, 0.1) is 25.6 Å². The van der Waals surface area contributed by atoms with Crippen molar-refractivity contribution < 1.29 is 19.5 Å². The minimum atomic E-state index is -0.704. The van der Waals surface area contributed by atoms with Gasteiger partial charge in [-0.1, -0.05) is 66.2 Å². The summed E-state index contributed by atoms with van der Waals surface area (Å²) in [6.07, 6.45) is 10.7. The third-order valence-electron chi connectivity index (χ3n) is 5.42. The Morgan fingerprint density at radius 2 is 1.40 bits per heavy atom. The zero-order valence-electron chi connectivity index (χ0n) is 17.3. The van der Waals surface area contributed by atoms with E-state index in [4.69, 9.17) is 0 Å². The van der Waals surface area contributed by atoms with Crippen LogP contribution in [0.2, 0.25) is 0 Å². The summed E-state index contributed by atoms with van der Waals surface area (Å²) >= 11 is 0. The van der Waals surface area contributed by atoms with Gasteiger partial charge in [0.1, 0.15) is 12.6 Å². The van der Waals surface area contributed by atoms with Crippen LogP contribution in [0.4, 0.5) is 0 Å². The van der Waals surface area contributed by atoms with Gasteiger partial charge in [-0.25, -0.2) is 0 Å². The third kappa shape index (κ3) is 11.6. The fourth-order valence-corrected chi connectivity index (χ4v) is 3.53. The Bertz CT molecular complexity index is 325. The second-order valence-corrected chi connectivity index (χ2v) is 7.93. The second kappa shape index (κ2) is 14.5. The van der Waals surface area contributed by atoms with E-state index in [9.17, 15) is 15.0 Å². The minimum absolute atomic E-state index is 0.259. The maximum Gasteiger partial charge on any atom is 0.306 e. The number of carbonyl (C=O) groups is 1. The third-order valence-corrected chi connectivity index (χ3v) is 5.42. The molecule has 0 fully saturated rings. The number of hydrogen-bond acceptors (Lipinski definition) is 2. The van der Waals surface area contributed by atoms with Crippen LogP contribution in [0.25, 0.3) is 0 Å². The lowest BCUT2D eigenvalue weighted by Crippen LogP contribution is -2.54. The lowest BCUT2D eigenvalue weighted by molar-refractivity contribution is -0.931. The highest BCUT2D eigenvalue weighted by atomic mass is 16.4. The van der Waals surface area contributed by atoms with E-state index in [2.05, 4.69) is 20.8 Å². The Morgan fingerprint density at radius 3 is 1.88 bits per heavy atom. The molecule has 0 spiro atoms. The van der Waals surface area contributed by atoms with Crippen molar-refractivity contribution in [1.29, 1.82) is 0 Å². The van der Waals surface area contributed by atoms with Crippen molar-refractivity contribution in [2.75, 3.05) is 26.2 Å². The predicted octanol–water partition coefficient (Wildman–Crippen LogP) is 4.85. The molecule has 0 saturated carbocycles. The van der Waals surface area contributed by atoms with Crippen molar-refractivity contribution >= 4 is 5.97 Å². The summed E-state index contributed by atoms with van der Waals surface area (Å²) in [4.78, 5) is 11.2. The van der Waals surface area contributed by atoms with E-state index in [0.29, 0.717) is 6.42 Å². The van der Waals surface area contributed by atoms with Crippen molar-refractivity contribution in [3.63, 3.8) is 0 Å². The normalized spacial score (nSPS) is 14.4. The van der Waals surface area contributed by atoms with Crippen molar-refractivity contribution in [1.82, 2.24) is 0 Å². The molecule has 0 bridgehead atoms. The lowest BCUT2D eigenvalue weighted by atomic mass is 10.0. The average Bonchev–Trinajstić information content (AvgIpc) is 2.59. The molecule has 4 nitrogen and oxygen atoms in total. The molecule has 0 heterocycles. The number of aliphatic hydroxyl groups excluding tert-OH is 1. The molecule has 0 aliphatic rings. The molecule has 0 rings (SSSR count). The van der Waals surface area contributed by atoms with Crippen LogP contribution in [-0.2, 0) is 4.79 Å². The number of carboxylic acid groups (broad SMARTS) is 1. The van der Waals surface area contributed by atoms with Gasteiger partial charge in [-0.05, 0) is 19.3 Å². The van der Waals surface area contributed by atoms with E-state index < -0.39 is 5.97 Å². The lowest BCUT2D eigenvalue weighted by Gasteiger charge is -2.41. The van der Waals surface area contributed by atoms with Gasteiger partial charge in [0.2, 0.25) is 0 Å². The molecule has 0 aliphatic carbocycles. The molecule has 0 aliphatic heterocycles. The maximum absolute atomic E-state index is 11.2. The minimum Gasteiger partial charge on any atom is -0.481 e. The number of rotatable bonds is 17. The first-order chi connectivity index (χ1) is 11.9. The predicted molar refractivity (Wildman–Crippen MR) is 106 cm³/mol. The number of carboxylic acids is 1. The smallest absolute Gasteiger partial charge is 0.306 e. The molecular weight excluding hydrogens is 314 g/mol. The molecule has 0 aromatic rings. The van der Waals surface area contributed by atoms with Crippen LogP contribution in [0.15, 0.2) is 0 Å². The number of unbranched alkanes of at least 4 members (excludes halogenated alkanes) is 5. The number of nitrogens with zero attached hydrogens (tertiary/aromatic N) is 1. The zero-order valence-corrected chi connectivity index (χ0v) is 17.3. The van der Waals surface area contributed by atoms with E-state index in [-0.39, 0.29) is 12.0 Å². The average molecular weight is 359 g/mol. The molecule has 2 N–H and O–H groups in total. The van der Waals surface area contributed by atoms with E-state index in [1.54, 1.807) is 6.92 Å². The summed E-state index contributed by atoms with van der Waals surface area (Å²) in [5.74, 6) is -1.01. The van der Waals surface area contributed by atoms with Gasteiger partial charge in [-0.15, -0.1) is 0 Å². The first-order valence-electron chi connectivity index (χ1n) is 10.7. The van der Waals surface area contributed by atoms with Crippen LogP contribution >= 0.6 is 0 Å². The highest BCUT2D eigenvalue weighted by Crippen LogP contribution is 2.19. The summed E-state index contributed by atoms with van der Waals surface area (Å²) in [6, 6.07) is 0. The molecule has 0 amide bonds. The zero-order chi connectivity index (χ0) is 19.1. The highest BCUT2D eigenvalue weighted by Gasteiger charge is 2.30. The van der Waals surface area contributed by atoms with Crippen molar-refractivity contribution in [3.05, 3.63) is 0 Å². The molecule has 2 unspecified atom stereocenters. The number of quaternary nitrogens is 1. The van der Waals surface area contributed by atoms with Gasteiger partial charge in [-0.2, -0.15) is 0 Å². The molecule has 2 atom stereocenters. The molecule has 0 saturated heterocycles. The quantitative estimate of drug-likeness (QED) is 0.289. The molecule has 4 heteroatoms. The Morgan fingerprint density at radius 1 is 0.840 bits per heavy atom. The molecule has 0 aromatic heterocycles. The van der Waals surface area contributed by atoms with E-state index in [1.807, 2.05) is 0 Å². The second-order valence-electron chi connectivity index (χ2n) is 7.93. The van der Waals surface area contributed by atoms with Gasteiger partial charge in [0, 0.05) is 6.42 Å². The maximum atomic E-state index is 11.2. The Labute approximate surface area is 156 Å². The van der Waals surface area contributed by atoms with E-state index in [0.717, 1.165) is 69.2 Å². The number of hydrogen-bond donors (Lipinski definition) is 2. The topological polar surface area (TPSA) is 57.5 Å². The van der Waals surface area contributed by atoms with Gasteiger partial charge in [0.25, 0.3) is 0 Å². The molecule has 0 radical (unpaired) electrons. The fraction of sp³-hybridized carbons (Fsp3) is 0.952. The summed E-state index contributed by atoms with van der Waals surface area (Å²) in [6.45, 7) is 12.2. The fourth-order valence-electron chi connectivity index (χ4n) is 3.53. The largest absolute Gasteiger partial charge is 0.481 e. The molecule has 0 aromatic carbocycles. The standard InChI is InChI=1S/C21H43NO3/c1-5-8-11-12-13-20(23)18-22(15-9-6-2,16-10-7-3)17-14-19(4)21(24)25/h19-20,23H,5-18H2,1-4H3/p+1. The van der Waals surface area contributed by atoms with E-state index >= 15 is 0 Å². The summed E-state index contributed by atoms with van der Waals surface area (Å²) in [5.41, 5.74) is 0. The van der Waals surface area contributed by atoms with Crippen LogP contribution in [0, 0.1) is 5.92 Å². The van der Waals surface area contributed by atoms with Crippen molar-refractivity contribution in [3.8, 4) is 0 Å². The molecule has 25 heavy (non-hydrogen) atoms. The van der Waals surface area contributed by atoms with Crippen LogP contribution in [0.1, 0.15) is 91.9 Å². The summed E-state index contributed by atoms with van der Waals surface area (Å²) in [7, 11) is 0.